The van der Waals surface area contributed by atoms with E-state index in [1.54, 1.807) is 6.07 Å². The number of para-hydroxylation sites is 1. The van der Waals surface area contributed by atoms with E-state index in [1.807, 2.05) is 25.1 Å². The molecular formula is C15H22N2O4. The average molecular weight is 294 g/mol. The zero-order chi connectivity index (χ0) is 15.8. The van der Waals surface area contributed by atoms with Gasteiger partial charge in [0.15, 0.2) is 0 Å². The van der Waals surface area contributed by atoms with Crippen LogP contribution in [0.4, 0.5) is 5.69 Å². The quantitative estimate of drug-likeness (QED) is 0.750. The molecule has 0 aromatic heterocycles. The summed E-state index contributed by atoms with van der Waals surface area (Å²) in [5.74, 6) is -1.13. The number of nitrogens with zero attached hydrogens (tertiary/aromatic N) is 1. The van der Waals surface area contributed by atoms with Gasteiger partial charge in [0, 0.05) is 25.9 Å². The molecule has 3 N–H and O–H groups in total. The fourth-order valence-corrected chi connectivity index (χ4v) is 2.02. The van der Waals surface area contributed by atoms with Crippen LogP contribution in [0.5, 0.6) is 0 Å². The summed E-state index contributed by atoms with van der Waals surface area (Å²) in [7, 11) is 1.50. The third-order valence-electron chi connectivity index (χ3n) is 3.26. The summed E-state index contributed by atoms with van der Waals surface area (Å²) in [6.07, 6.45) is -0.352. The molecule has 1 aromatic rings. The standard InChI is InChI=1S/C15H22N2O4/c1-11-5-3-4-6-13(11)17(8-7-15(19)20)14(18)9-12(10-16)21-2/h3-6,12H,7-10,16H2,1-2H3,(H,19,20). The van der Waals surface area contributed by atoms with Gasteiger partial charge in [-0.15, -0.1) is 0 Å². The first kappa shape index (κ1) is 17.1. The monoisotopic (exact) mass is 294 g/mol. The molecule has 0 radical (unpaired) electrons. The second-order valence-corrected chi connectivity index (χ2v) is 4.77. The van der Waals surface area contributed by atoms with Crippen LogP contribution < -0.4 is 10.6 Å². The number of nitrogens with two attached hydrogens (primary N) is 1. The highest BCUT2D eigenvalue weighted by atomic mass is 16.5. The van der Waals surface area contributed by atoms with Crippen LogP contribution in [0, 0.1) is 6.92 Å². The Kier molecular flexibility index (Phi) is 6.84. The van der Waals surface area contributed by atoms with E-state index in [9.17, 15) is 9.59 Å². The van der Waals surface area contributed by atoms with Crippen LogP contribution in [0.2, 0.25) is 0 Å². The molecule has 1 amide bonds. The van der Waals surface area contributed by atoms with Crippen molar-refractivity contribution < 1.29 is 19.4 Å². The number of methoxy groups -OCH3 is 1. The van der Waals surface area contributed by atoms with Gasteiger partial charge in [0.2, 0.25) is 5.91 Å². The summed E-state index contributed by atoms with van der Waals surface area (Å²) < 4.78 is 5.12. The number of carboxylic acid groups (broad SMARTS) is 1. The lowest BCUT2D eigenvalue weighted by atomic mass is 10.1. The lowest BCUT2D eigenvalue weighted by Gasteiger charge is -2.25. The van der Waals surface area contributed by atoms with Gasteiger partial charge in [-0.25, -0.2) is 0 Å². The van der Waals surface area contributed by atoms with Crippen molar-refractivity contribution in [2.24, 2.45) is 5.73 Å². The molecule has 6 nitrogen and oxygen atoms in total. The molecule has 0 saturated heterocycles. The maximum Gasteiger partial charge on any atom is 0.305 e. The van der Waals surface area contributed by atoms with Gasteiger partial charge in [0.05, 0.1) is 18.9 Å². The molecule has 6 heteroatoms. The zero-order valence-electron chi connectivity index (χ0n) is 12.4. The van der Waals surface area contributed by atoms with Crippen molar-refractivity contribution in [3.63, 3.8) is 0 Å². The maximum atomic E-state index is 12.4. The van der Waals surface area contributed by atoms with Crippen molar-refractivity contribution in [1.82, 2.24) is 0 Å². The SMILES string of the molecule is COC(CN)CC(=O)N(CCC(=O)O)c1ccccc1C. The minimum atomic E-state index is -0.941. The Balaban J connectivity index is 2.94. The van der Waals surface area contributed by atoms with Crippen LogP contribution >= 0.6 is 0 Å². The third-order valence-corrected chi connectivity index (χ3v) is 3.26. The number of carbonyl (C=O) groups excluding carboxylic acids is 1. The number of aliphatic carboxylic acids is 1. The smallest absolute Gasteiger partial charge is 0.305 e. The summed E-state index contributed by atoms with van der Waals surface area (Å²) in [5.41, 5.74) is 7.17. The molecule has 1 aromatic carbocycles. The number of carboxylic acids is 1. The highest BCUT2D eigenvalue weighted by Gasteiger charge is 2.21. The highest BCUT2D eigenvalue weighted by Crippen LogP contribution is 2.21. The van der Waals surface area contributed by atoms with Crippen molar-refractivity contribution in [1.29, 1.82) is 0 Å². The van der Waals surface area contributed by atoms with Crippen LogP contribution in [0.3, 0.4) is 0 Å². The number of benzene rings is 1. The first-order valence-corrected chi connectivity index (χ1v) is 6.80. The van der Waals surface area contributed by atoms with Gasteiger partial charge in [-0.1, -0.05) is 18.2 Å². The van der Waals surface area contributed by atoms with Crippen molar-refractivity contribution in [3.05, 3.63) is 29.8 Å². The van der Waals surface area contributed by atoms with Gasteiger partial charge in [0.1, 0.15) is 0 Å². The number of rotatable bonds is 8. The van der Waals surface area contributed by atoms with Crippen molar-refractivity contribution in [2.45, 2.75) is 25.9 Å². The zero-order valence-corrected chi connectivity index (χ0v) is 12.4. The van der Waals surface area contributed by atoms with Crippen LogP contribution in [0.1, 0.15) is 18.4 Å². The number of hydrogen-bond acceptors (Lipinski definition) is 4. The predicted octanol–water partition coefficient (Wildman–Crippen LogP) is 1.17. The summed E-state index contributed by atoms with van der Waals surface area (Å²) in [5, 5.41) is 8.85. The third kappa shape index (κ3) is 5.17. The Labute approximate surface area is 124 Å². The van der Waals surface area contributed by atoms with Crippen LogP contribution in [-0.2, 0) is 14.3 Å². The molecule has 21 heavy (non-hydrogen) atoms. The minimum absolute atomic E-state index is 0.111. The van der Waals surface area contributed by atoms with Gasteiger partial charge >= 0.3 is 5.97 Å². The van der Waals surface area contributed by atoms with E-state index >= 15 is 0 Å². The lowest BCUT2D eigenvalue weighted by Crippen LogP contribution is -2.37. The normalized spacial score (nSPS) is 12.0. The second kappa shape index (κ2) is 8.39. The maximum absolute atomic E-state index is 12.4. The van der Waals surface area contributed by atoms with Gasteiger partial charge in [-0.3, -0.25) is 9.59 Å². The lowest BCUT2D eigenvalue weighted by molar-refractivity contribution is -0.136. The van der Waals surface area contributed by atoms with Crippen molar-refractivity contribution >= 4 is 17.6 Å². The minimum Gasteiger partial charge on any atom is -0.481 e. The van der Waals surface area contributed by atoms with Crippen LogP contribution in [0.25, 0.3) is 0 Å². The summed E-state index contributed by atoms with van der Waals surface area (Å²) in [6.45, 7) is 2.25. The Bertz CT molecular complexity index is 486. The largest absolute Gasteiger partial charge is 0.481 e. The first-order valence-electron chi connectivity index (χ1n) is 6.80. The number of ether oxygens (including phenoxy) is 1. The number of hydrogen-bond donors (Lipinski definition) is 2. The van der Waals surface area contributed by atoms with Crippen LogP contribution in [0.15, 0.2) is 24.3 Å². The molecule has 0 bridgehead atoms. The van der Waals surface area contributed by atoms with E-state index in [-0.39, 0.29) is 37.9 Å². The van der Waals surface area contributed by atoms with Gasteiger partial charge in [-0.2, -0.15) is 0 Å². The first-order chi connectivity index (χ1) is 9.99. The Morgan fingerprint density at radius 3 is 2.57 bits per heavy atom. The van der Waals surface area contributed by atoms with Gasteiger partial charge in [0.25, 0.3) is 0 Å². The fraction of sp³-hybridized carbons (Fsp3) is 0.467. The van der Waals surface area contributed by atoms with E-state index in [0.717, 1.165) is 11.3 Å². The number of aryl methyl sites for hydroxylation is 1. The molecule has 1 rings (SSSR count). The highest BCUT2D eigenvalue weighted by molar-refractivity contribution is 5.94. The molecule has 0 heterocycles. The Morgan fingerprint density at radius 1 is 1.38 bits per heavy atom. The van der Waals surface area contributed by atoms with E-state index in [4.69, 9.17) is 15.6 Å². The molecule has 0 saturated carbocycles. The molecule has 116 valence electrons. The Hall–Kier alpha value is -1.92. The van der Waals surface area contributed by atoms with Crippen molar-refractivity contribution in [2.75, 3.05) is 25.1 Å². The van der Waals surface area contributed by atoms with E-state index < -0.39 is 5.97 Å². The molecule has 1 atom stereocenters. The van der Waals surface area contributed by atoms with Crippen molar-refractivity contribution in [3.8, 4) is 0 Å². The average Bonchev–Trinajstić information content (AvgIpc) is 2.46. The second-order valence-electron chi connectivity index (χ2n) is 4.77. The summed E-state index contributed by atoms with van der Waals surface area (Å²) in [6, 6.07) is 7.38. The topological polar surface area (TPSA) is 92.9 Å². The van der Waals surface area contributed by atoms with Gasteiger partial charge in [-0.05, 0) is 18.6 Å². The molecule has 0 fully saturated rings. The predicted molar refractivity (Wildman–Crippen MR) is 80.3 cm³/mol. The number of amides is 1. The van der Waals surface area contributed by atoms with E-state index in [0.29, 0.717) is 0 Å². The van der Waals surface area contributed by atoms with E-state index in [2.05, 4.69) is 0 Å². The van der Waals surface area contributed by atoms with Crippen LogP contribution in [-0.4, -0.2) is 43.3 Å². The molecular weight excluding hydrogens is 272 g/mol. The molecule has 0 spiro atoms. The molecule has 0 aliphatic heterocycles. The summed E-state index contributed by atoms with van der Waals surface area (Å²) >= 11 is 0. The molecule has 0 aliphatic rings. The Morgan fingerprint density at radius 2 is 2.05 bits per heavy atom. The summed E-state index contributed by atoms with van der Waals surface area (Å²) in [4.78, 5) is 24.7. The molecule has 0 aliphatic carbocycles. The fourth-order valence-electron chi connectivity index (χ4n) is 2.02. The number of carbonyl (C=O) groups is 2. The molecule has 1 unspecified atom stereocenters. The van der Waals surface area contributed by atoms with Gasteiger partial charge < -0.3 is 20.5 Å². The van der Waals surface area contributed by atoms with E-state index in [1.165, 1.54) is 12.0 Å². The number of anilines is 1.